The van der Waals surface area contributed by atoms with Crippen LogP contribution in [-0.4, -0.2) is 48.1 Å². The van der Waals surface area contributed by atoms with Gasteiger partial charge in [-0.05, 0) is 28.1 Å². The fraction of sp³-hybridized carbons (Fsp3) is 0.429. The summed E-state index contributed by atoms with van der Waals surface area (Å²) >= 11 is 3.36. The van der Waals surface area contributed by atoms with Crippen LogP contribution in [0.2, 0.25) is 0 Å². The molecule has 0 bridgehead atoms. The summed E-state index contributed by atoms with van der Waals surface area (Å²) in [5.41, 5.74) is 2.27. The third-order valence-corrected chi connectivity index (χ3v) is 5.78. The molecule has 0 unspecified atom stereocenters. The molecule has 0 aliphatic heterocycles. The molecule has 2 aromatic rings. The summed E-state index contributed by atoms with van der Waals surface area (Å²) < 4.78 is 26.6. The van der Waals surface area contributed by atoms with Gasteiger partial charge < -0.3 is 5.32 Å². The minimum atomic E-state index is -3.23. The van der Waals surface area contributed by atoms with Crippen LogP contribution in [0.15, 0.2) is 29.0 Å². The Hall–Kier alpha value is -1.25. The molecule has 0 spiro atoms. The topological polar surface area (TPSA) is 75.2 Å². The predicted molar refractivity (Wildman–Crippen MR) is 92.4 cm³/mol. The second kappa shape index (κ2) is 7.34. The fourth-order valence-corrected chi connectivity index (χ4v) is 3.93. The van der Waals surface area contributed by atoms with Crippen LogP contribution in [-0.2, 0) is 10.0 Å². The number of nitrogens with zero attached hydrogens (tertiary/aromatic N) is 3. The smallest absolute Gasteiger partial charge is 0.215 e. The van der Waals surface area contributed by atoms with Crippen molar-refractivity contribution in [3.8, 4) is 0 Å². The van der Waals surface area contributed by atoms with Crippen LogP contribution < -0.4 is 5.32 Å². The summed E-state index contributed by atoms with van der Waals surface area (Å²) in [6.07, 6.45) is 3.37. The molecule has 1 N–H and O–H groups in total. The molecule has 2 rings (SSSR count). The lowest BCUT2D eigenvalue weighted by Gasteiger charge is -2.18. The Labute approximate surface area is 139 Å². The minimum absolute atomic E-state index is 0.0506. The molecule has 0 saturated heterocycles. The van der Waals surface area contributed by atoms with Gasteiger partial charge >= 0.3 is 0 Å². The van der Waals surface area contributed by atoms with E-state index in [4.69, 9.17) is 0 Å². The number of halogens is 1. The Kier molecular flexibility index (Phi) is 5.71. The van der Waals surface area contributed by atoms with Crippen molar-refractivity contribution in [2.45, 2.75) is 13.8 Å². The van der Waals surface area contributed by atoms with Crippen molar-refractivity contribution in [3.05, 3.63) is 29.0 Å². The van der Waals surface area contributed by atoms with Crippen LogP contribution in [0.1, 0.15) is 13.8 Å². The van der Waals surface area contributed by atoms with Gasteiger partial charge in [-0.1, -0.05) is 13.8 Å². The third-order valence-electron chi connectivity index (χ3n) is 3.32. The van der Waals surface area contributed by atoms with Crippen molar-refractivity contribution in [3.63, 3.8) is 0 Å². The first-order chi connectivity index (χ1) is 10.5. The molecule has 0 aliphatic rings. The molecule has 0 aliphatic carbocycles. The van der Waals surface area contributed by atoms with E-state index in [0.29, 0.717) is 19.6 Å². The fourth-order valence-electron chi connectivity index (χ4n) is 2.21. The van der Waals surface area contributed by atoms with E-state index >= 15 is 0 Å². The molecule has 0 fully saturated rings. The van der Waals surface area contributed by atoms with Crippen molar-refractivity contribution in [2.24, 2.45) is 0 Å². The van der Waals surface area contributed by atoms with Gasteiger partial charge in [0.05, 0.1) is 17.0 Å². The van der Waals surface area contributed by atoms with Crippen molar-refractivity contribution in [1.82, 2.24) is 14.3 Å². The van der Waals surface area contributed by atoms with Gasteiger partial charge in [-0.15, -0.1) is 0 Å². The number of aromatic nitrogens is 2. The van der Waals surface area contributed by atoms with E-state index in [0.717, 1.165) is 21.2 Å². The highest BCUT2D eigenvalue weighted by Crippen LogP contribution is 2.21. The molecule has 8 heteroatoms. The lowest BCUT2D eigenvalue weighted by Crippen LogP contribution is -2.34. The van der Waals surface area contributed by atoms with E-state index < -0.39 is 10.0 Å². The number of anilines is 1. The van der Waals surface area contributed by atoms with Gasteiger partial charge in [0.25, 0.3) is 0 Å². The average Bonchev–Trinajstić information content (AvgIpc) is 2.47. The Bertz CT molecular complexity index is 748. The maximum atomic E-state index is 12.1. The standard InChI is InChI=1S/C14H19BrN4O2S/c1-3-19(4-2)22(20,21)8-7-17-12-5-6-16-13-9-11(15)10-18-14(12)13/h5-6,9-10H,3-4,7-8H2,1-2H3,(H,16,17). The van der Waals surface area contributed by atoms with Crippen LogP contribution >= 0.6 is 15.9 Å². The second-order valence-electron chi connectivity index (χ2n) is 4.71. The van der Waals surface area contributed by atoms with Gasteiger partial charge in [0.15, 0.2) is 0 Å². The highest BCUT2D eigenvalue weighted by atomic mass is 79.9. The maximum Gasteiger partial charge on any atom is 0.215 e. The van der Waals surface area contributed by atoms with Crippen molar-refractivity contribution in [1.29, 1.82) is 0 Å². The molecule has 0 amide bonds. The Morgan fingerprint density at radius 2 is 2.00 bits per heavy atom. The Balaban J connectivity index is 2.10. The van der Waals surface area contributed by atoms with E-state index in [9.17, 15) is 8.42 Å². The first-order valence-electron chi connectivity index (χ1n) is 7.10. The van der Waals surface area contributed by atoms with Crippen LogP contribution in [0.5, 0.6) is 0 Å². The van der Waals surface area contributed by atoms with Gasteiger partial charge in [-0.3, -0.25) is 9.97 Å². The van der Waals surface area contributed by atoms with Crippen LogP contribution in [0.4, 0.5) is 5.69 Å². The number of hydrogen-bond acceptors (Lipinski definition) is 5. The molecule has 2 heterocycles. The summed E-state index contributed by atoms with van der Waals surface area (Å²) in [7, 11) is -3.23. The average molecular weight is 387 g/mol. The zero-order valence-electron chi connectivity index (χ0n) is 12.6. The van der Waals surface area contributed by atoms with Gasteiger partial charge in [0, 0.05) is 36.5 Å². The summed E-state index contributed by atoms with van der Waals surface area (Å²) in [6.45, 7) is 4.99. The molecular weight excluding hydrogens is 368 g/mol. The Morgan fingerprint density at radius 1 is 1.27 bits per heavy atom. The Morgan fingerprint density at radius 3 is 2.68 bits per heavy atom. The number of rotatable bonds is 7. The van der Waals surface area contributed by atoms with E-state index in [-0.39, 0.29) is 5.75 Å². The van der Waals surface area contributed by atoms with Crippen LogP contribution in [0, 0.1) is 0 Å². The predicted octanol–water partition coefficient (Wildman–Crippen LogP) is 2.48. The van der Waals surface area contributed by atoms with Gasteiger partial charge in [-0.2, -0.15) is 0 Å². The number of fused-ring (bicyclic) bond motifs is 1. The van der Waals surface area contributed by atoms with Crippen molar-refractivity contribution in [2.75, 3.05) is 30.7 Å². The minimum Gasteiger partial charge on any atom is -0.382 e. The normalized spacial score (nSPS) is 12.0. The zero-order valence-corrected chi connectivity index (χ0v) is 15.0. The number of pyridine rings is 2. The summed E-state index contributed by atoms with van der Waals surface area (Å²) in [5, 5.41) is 3.14. The lowest BCUT2D eigenvalue weighted by atomic mass is 10.3. The quantitative estimate of drug-likeness (QED) is 0.790. The van der Waals surface area contributed by atoms with Crippen LogP contribution in [0.25, 0.3) is 11.0 Å². The molecule has 0 saturated carbocycles. The van der Waals surface area contributed by atoms with Crippen LogP contribution in [0.3, 0.4) is 0 Å². The molecule has 2 aromatic heterocycles. The third kappa shape index (κ3) is 3.93. The first kappa shape index (κ1) is 17.1. The van der Waals surface area contributed by atoms with Gasteiger partial charge in [0.1, 0.15) is 5.52 Å². The molecule has 0 aromatic carbocycles. The lowest BCUT2D eigenvalue weighted by molar-refractivity contribution is 0.446. The number of sulfonamides is 1. The van der Waals surface area contributed by atoms with Gasteiger partial charge in [-0.25, -0.2) is 12.7 Å². The molecule has 22 heavy (non-hydrogen) atoms. The highest BCUT2D eigenvalue weighted by Gasteiger charge is 2.18. The zero-order chi connectivity index (χ0) is 16.2. The second-order valence-corrected chi connectivity index (χ2v) is 7.71. The van der Waals surface area contributed by atoms with Gasteiger partial charge in [0.2, 0.25) is 10.0 Å². The molecule has 0 radical (unpaired) electrons. The van der Waals surface area contributed by atoms with E-state index in [1.54, 1.807) is 18.5 Å². The van der Waals surface area contributed by atoms with E-state index in [2.05, 4.69) is 31.2 Å². The monoisotopic (exact) mass is 386 g/mol. The number of hydrogen-bond donors (Lipinski definition) is 1. The summed E-state index contributed by atoms with van der Waals surface area (Å²) in [5.74, 6) is 0.0506. The SMILES string of the molecule is CCN(CC)S(=O)(=O)CCNc1ccnc2cc(Br)cnc12. The molecule has 0 atom stereocenters. The van der Waals surface area contributed by atoms with Crippen molar-refractivity contribution < 1.29 is 8.42 Å². The highest BCUT2D eigenvalue weighted by molar-refractivity contribution is 9.10. The molecule has 6 nitrogen and oxygen atoms in total. The number of nitrogens with one attached hydrogen (secondary N) is 1. The van der Waals surface area contributed by atoms with Crippen molar-refractivity contribution >= 4 is 42.7 Å². The largest absolute Gasteiger partial charge is 0.382 e. The summed E-state index contributed by atoms with van der Waals surface area (Å²) in [4.78, 5) is 8.59. The molecular formula is C14H19BrN4O2S. The molecule has 120 valence electrons. The first-order valence-corrected chi connectivity index (χ1v) is 9.50. The van der Waals surface area contributed by atoms with E-state index in [1.807, 2.05) is 19.9 Å². The summed E-state index contributed by atoms with van der Waals surface area (Å²) in [6, 6.07) is 3.67. The maximum absolute atomic E-state index is 12.1. The van der Waals surface area contributed by atoms with E-state index in [1.165, 1.54) is 4.31 Å².